The third-order valence-corrected chi connectivity index (χ3v) is 3.19. The van der Waals surface area contributed by atoms with Crippen molar-refractivity contribution in [2.24, 2.45) is 5.41 Å². The van der Waals surface area contributed by atoms with E-state index < -0.39 is 0 Å². The van der Waals surface area contributed by atoms with Crippen LogP contribution in [0.25, 0.3) is 5.82 Å². The van der Waals surface area contributed by atoms with E-state index in [0.29, 0.717) is 18.2 Å². The zero-order chi connectivity index (χ0) is 15.5. The van der Waals surface area contributed by atoms with Gasteiger partial charge in [-0.2, -0.15) is 15.1 Å². The van der Waals surface area contributed by atoms with Crippen molar-refractivity contribution in [2.45, 2.75) is 26.9 Å². The first kappa shape index (κ1) is 15.2. The number of methoxy groups -OCH3 is 1. The largest absolute Gasteiger partial charge is 0.379 e. The summed E-state index contributed by atoms with van der Waals surface area (Å²) in [5, 5.41) is 7.39. The number of anilines is 2. The number of nitrogen functional groups attached to an aromatic ring is 1. The summed E-state index contributed by atoms with van der Waals surface area (Å²) in [5.41, 5.74) is 5.79. The molecule has 1 unspecified atom stereocenters. The molecule has 0 fully saturated rings. The van der Waals surface area contributed by atoms with Crippen LogP contribution in [-0.2, 0) is 4.74 Å². The van der Waals surface area contributed by atoms with E-state index >= 15 is 0 Å². The minimum Gasteiger partial charge on any atom is -0.379 e. The van der Waals surface area contributed by atoms with Gasteiger partial charge in [-0.15, -0.1) is 0 Å². The van der Waals surface area contributed by atoms with Crippen molar-refractivity contribution in [2.75, 3.05) is 24.7 Å². The maximum absolute atomic E-state index is 5.76. The number of hydrogen-bond donors (Lipinski definition) is 2. The summed E-state index contributed by atoms with van der Waals surface area (Å²) in [6, 6.07) is 3.63. The summed E-state index contributed by atoms with van der Waals surface area (Å²) in [6.07, 6.45) is 3.55. The Morgan fingerprint density at radius 2 is 2.14 bits per heavy atom. The fourth-order valence-corrected chi connectivity index (χ4v) is 2.01. The zero-order valence-electron chi connectivity index (χ0n) is 12.9. The van der Waals surface area contributed by atoms with Gasteiger partial charge in [0.2, 0.25) is 5.95 Å². The van der Waals surface area contributed by atoms with Gasteiger partial charge in [0.25, 0.3) is 0 Å². The van der Waals surface area contributed by atoms with Crippen molar-refractivity contribution in [3.05, 3.63) is 24.5 Å². The smallest absolute Gasteiger partial charge is 0.224 e. The Hall–Kier alpha value is -2.15. The SMILES string of the molecule is COC(CNc1cc(-n2cccn2)nc(N)n1)C(C)(C)C. The number of nitrogens with zero attached hydrogens (tertiary/aromatic N) is 4. The molecule has 7 heteroatoms. The molecule has 2 aromatic heterocycles. The molecule has 21 heavy (non-hydrogen) atoms. The second-order valence-electron chi connectivity index (χ2n) is 5.89. The Bertz CT molecular complexity index is 576. The number of nitrogens with two attached hydrogens (primary N) is 1. The van der Waals surface area contributed by atoms with Crippen LogP contribution in [0.5, 0.6) is 0 Å². The molecule has 0 amide bonds. The van der Waals surface area contributed by atoms with Gasteiger partial charge in [0, 0.05) is 32.1 Å². The summed E-state index contributed by atoms with van der Waals surface area (Å²) in [5.74, 6) is 1.48. The lowest BCUT2D eigenvalue weighted by molar-refractivity contribution is 0.0268. The number of nitrogens with one attached hydrogen (secondary N) is 1. The predicted octanol–water partition coefficient (Wildman–Crippen LogP) is 1.72. The van der Waals surface area contributed by atoms with Crippen molar-refractivity contribution >= 4 is 11.8 Å². The van der Waals surface area contributed by atoms with E-state index in [1.54, 1.807) is 30.3 Å². The van der Waals surface area contributed by atoms with Crippen molar-refractivity contribution in [1.29, 1.82) is 0 Å². The lowest BCUT2D eigenvalue weighted by atomic mass is 9.89. The van der Waals surface area contributed by atoms with Crippen molar-refractivity contribution in [1.82, 2.24) is 19.7 Å². The fraction of sp³-hybridized carbons (Fsp3) is 0.500. The monoisotopic (exact) mass is 290 g/mol. The highest BCUT2D eigenvalue weighted by Gasteiger charge is 2.24. The van der Waals surface area contributed by atoms with Crippen LogP contribution in [0, 0.1) is 5.41 Å². The van der Waals surface area contributed by atoms with Gasteiger partial charge in [-0.3, -0.25) is 0 Å². The van der Waals surface area contributed by atoms with Gasteiger partial charge < -0.3 is 15.8 Å². The van der Waals surface area contributed by atoms with E-state index in [9.17, 15) is 0 Å². The number of aromatic nitrogens is 4. The fourth-order valence-electron chi connectivity index (χ4n) is 2.01. The summed E-state index contributed by atoms with van der Waals surface area (Å²) >= 11 is 0. The molecule has 0 aliphatic carbocycles. The topological polar surface area (TPSA) is 90.9 Å². The molecule has 0 aliphatic rings. The van der Waals surface area contributed by atoms with Gasteiger partial charge in [-0.05, 0) is 11.5 Å². The van der Waals surface area contributed by atoms with Crippen LogP contribution in [0.1, 0.15) is 20.8 Å². The van der Waals surface area contributed by atoms with Gasteiger partial charge in [0.05, 0.1) is 6.10 Å². The maximum atomic E-state index is 5.76. The van der Waals surface area contributed by atoms with E-state index in [2.05, 4.69) is 41.2 Å². The second kappa shape index (κ2) is 6.09. The molecule has 0 bridgehead atoms. The van der Waals surface area contributed by atoms with E-state index in [0.717, 1.165) is 0 Å². The van der Waals surface area contributed by atoms with E-state index in [-0.39, 0.29) is 17.5 Å². The Morgan fingerprint density at radius 1 is 1.38 bits per heavy atom. The van der Waals surface area contributed by atoms with Crippen LogP contribution in [-0.4, -0.2) is 39.5 Å². The Morgan fingerprint density at radius 3 is 2.71 bits per heavy atom. The highest BCUT2D eigenvalue weighted by Crippen LogP contribution is 2.22. The first-order chi connectivity index (χ1) is 9.90. The highest BCUT2D eigenvalue weighted by atomic mass is 16.5. The van der Waals surface area contributed by atoms with E-state index in [4.69, 9.17) is 10.5 Å². The summed E-state index contributed by atoms with van der Waals surface area (Å²) in [7, 11) is 1.71. The van der Waals surface area contributed by atoms with Gasteiger partial charge in [-0.25, -0.2) is 4.68 Å². The first-order valence-corrected chi connectivity index (χ1v) is 6.81. The lowest BCUT2D eigenvalue weighted by Gasteiger charge is -2.29. The maximum Gasteiger partial charge on any atom is 0.224 e. The number of rotatable bonds is 5. The summed E-state index contributed by atoms with van der Waals surface area (Å²) in [4.78, 5) is 8.36. The quantitative estimate of drug-likeness (QED) is 0.871. The molecule has 0 aliphatic heterocycles. The third kappa shape index (κ3) is 3.91. The highest BCUT2D eigenvalue weighted by molar-refractivity contribution is 5.45. The van der Waals surface area contributed by atoms with Gasteiger partial charge in [0.1, 0.15) is 5.82 Å². The predicted molar refractivity (Wildman–Crippen MR) is 82.3 cm³/mol. The summed E-state index contributed by atoms with van der Waals surface area (Å²) in [6.45, 7) is 7.03. The molecule has 0 radical (unpaired) electrons. The molecule has 0 spiro atoms. The average Bonchev–Trinajstić information content (AvgIpc) is 2.91. The van der Waals surface area contributed by atoms with Crippen LogP contribution >= 0.6 is 0 Å². The third-order valence-electron chi connectivity index (χ3n) is 3.19. The molecular formula is C14H22N6O. The number of ether oxygens (including phenoxy) is 1. The van der Waals surface area contributed by atoms with Crippen LogP contribution in [0.2, 0.25) is 0 Å². The Labute approximate surface area is 124 Å². The number of hydrogen-bond acceptors (Lipinski definition) is 6. The molecule has 0 aromatic carbocycles. The molecule has 3 N–H and O–H groups in total. The zero-order valence-corrected chi connectivity index (χ0v) is 12.9. The molecule has 0 saturated heterocycles. The molecule has 2 aromatic rings. The molecule has 0 saturated carbocycles. The lowest BCUT2D eigenvalue weighted by Crippen LogP contribution is -2.35. The average molecular weight is 290 g/mol. The Kier molecular flexibility index (Phi) is 4.42. The molecule has 2 rings (SSSR count). The van der Waals surface area contributed by atoms with Gasteiger partial charge >= 0.3 is 0 Å². The van der Waals surface area contributed by atoms with Crippen LogP contribution in [0.15, 0.2) is 24.5 Å². The van der Waals surface area contributed by atoms with E-state index in [1.807, 2.05) is 6.07 Å². The Balaban J connectivity index is 2.14. The molecule has 114 valence electrons. The first-order valence-electron chi connectivity index (χ1n) is 6.81. The van der Waals surface area contributed by atoms with Crippen molar-refractivity contribution in [3.63, 3.8) is 0 Å². The van der Waals surface area contributed by atoms with Crippen LogP contribution < -0.4 is 11.1 Å². The molecule has 7 nitrogen and oxygen atoms in total. The summed E-state index contributed by atoms with van der Waals surface area (Å²) < 4.78 is 7.15. The van der Waals surface area contributed by atoms with Crippen LogP contribution in [0.4, 0.5) is 11.8 Å². The standard InChI is InChI=1S/C14H22N6O/c1-14(2,3)10(21-4)9-16-11-8-12(19-13(15)18-11)20-7-5-6-17-20/h5-8,10H,9H2,1-4H3,(H3,15,16,18,19). The van der Waals surface area contributed by atoms with Gasteiger partial charge in [0.15, 0.2) is 5.82 Å². The normalized spacial score (nSPS) is 13.1. The molecule has 2 heterocycles. The van der Waals surface area contributed by atoms with E-state index in [1.165, 1.54) is 0 Å². The molecule has 1 atom stereocenters. The van der Waals surface area contributed by atoms with Crippen molar-refractivity contribution < 1.29 is 4.74 Å². The van der Waals surface area contributed by atoms with Crippen molar-refractivity contribution in [3.8, 4) is 5.82 Å². The van der Waals surface area contributed by atoms with Crippen LogP contribution in [0.3, 0.4) is 0 Å². The minimum absolute atomic E-state index is 0.0329. The molecular weight excluding hydrogens is 268 g/mol. The van der Waals surface area contributed by atoms with Gasteiger partial charge in [-0.1, -0.05) is 20.8 Å². The second-order valence-corrected chi connectivity index (χ2v) is 5.89. The minimum atomic E-state index is 0.0329.